The lowest BCUT2D eigenvalue weighted by molar-refractivity contribution is -0.318. The summed E-state index contributed by atoms with van der Waals surface area (Å²) < 4.78 is 37.1. The number of hydrogen-bond donors (Lipinski definition) is 5. The Kier molecular flexibility index (Phi) is 14.7. The van der Waals surface area contributed by atoms with Crippen LogP contribution >= 0.6 is 0 Å². The minimum absolute atomic E-state index is 0.0936. The number of ketones is 1. The highest BCUT2D eigenvalue weighted by Gasteiger charge is 2.53. The smallest absolute Gasteiger partial charge is 0.311 e. The van der Waals surface area contributed by atoms with Crippen molar-refractivity contribution in [1.82, 2.24) is 4.90 Å². The molecular formula is C37H67NO13. The Balaban J connectivity index is 2.18. The Bertz CT molecular complexity index is 1170. The Morgan fingerprint density at radius 3 is 2.04 bits per heavy atom. The molecule has 0 spiro atoms. The molecule has 298 valence electrons. The predicted molar refractivity (Wildman–Crippen MR) is 186 cm³/mol. The van der Waals surface area contributed by atoms with Gasteiger partial charge in [-0.15, -0.1) is 0 Å². The molecule has 3 aliphatic rings. The molecule has 3 fully saturated rings. The zero-order valence-corrected chi connectivity index (χ0v) is 32.9. The van der Waals surface area contributed by atoms with Crippen LogP contribution in [0.4, 0.5) is 0 Å². The van der Waals surface area contributed by atoms with E-state index in [2.05, 4.69) is 0 Å². The van der Waals surface area contributed by atoms with E-state index < -0.39 is 108 Å². The molecule has 3 heterocycles. The summed E-state index contributed by atoms with van der Waals surface area (Å²) in [6.07, 6.45) is -9.71. The number of aliphatic hydroxyl groups is 5. The van der Waals surface area contributed by atoms with Crippen LogP contribution in [0.1, 0.15) is 94.9 Å². The van der Waals surface area contributed by atoms with Crippen molar-refractivity contribution in [3.05, 3.63) is 0 Å². The average Bonchev–Trinajstić information content (AvgIpc) is 3.05. The van der Waals surface area contributed by atoms with E-state index in [-0.39, 0.29) is 31.4 Å². The summed E-state index contributed by atoms with van der Waals surface area (Å²) in [5, 5.41) is 57.6. The lowest BCUT2D eigenvalue weighted by Gasteiger charge is -2.49. The number of ether oxygens (including phenoxy) is 6. The number of aliphatic hydroxyl groups excluding tert-OH is 3. The number of methoxy groups -OCH3 is 1. The molecule has 0 saturated carbocycles. The van der Waals surface area contributed by atoms with Crippen LogP contribution in [0.3, 0.4) is 0 Å². The van der Waals surface area contributed by atoms with Crippen molar-refractivity contribution in [3.8, 4) is 0 Å². The quantitative estimate of drug-likeness (QED) is 0.238. The maximum atomic E-state index is 14.1. The zero-order valence-electron chi connectivity index (χ0n) is 32.9. The standard InChI is InChI=1S/C37H67NO13/c1-14-25-37(10,45)30(41)20(4)27(39)18(2)16-35(8,44)32(51-34-28(40)24(38(11)12)15-19(3)47-34)21(5)29(22(6)33(43)49-25)50-26-17-36(9,46-13)31(42)23(7)48-26/h18-26,28-32,34,40-42,44-45H,14-17H2,1-13H3/t18-,19-,20+,21+,22-,23+,24+,25-,26+,28-,29+,30-,31+,32-,34+,35-,36-,37+/m1/s1. The molecule has 0 aromatic rings. The van der Waals surface area contributed by atoms with Crippen molar-refractivity contribution < 1.29 is 63.5 Å². The number of nitrogens with zero attached hydrogens (tertiary/aromatic N) is 1. The van der Waals surface area contributed by atoms with Crippen LogP contribution in [0.25, 0.3) is 0 Å². The number of likely N-dealkylation sites (N-methyl/N-ethyl adjacent to an activating group) is 1. The summed E-state index contributed by atoms with van der Waals surface area (Å²) in [6, 6.07) is -0.324. The van der Waals surface area contributed by atoms with Crippen molar-refractivity contribution >= 4 is 11.8 Å². The van der Waals surface area contributed by atoms with E-state index in [9.17, 15) is 35.1 Å². The predicted octanol–water partition coefficient (Wildman–Crippen LogP) is 1.79. The summed E-state index contributed by atoms with van der Waals surface area (Å²) in [7, 11) is 5.18. The van der Waals surface area contributed by atoms with Gasteiger partial charge in [0.05, 0.1) is 47.6 Å². The molecule has 0 unspecified atom stereocenters. The monoisotopic (exact) mass is 733 g/mol. The minimum atomic E-state index is -1.99. The molecule has 3 rings (SSSR count). The molecule has 14 nitrogen and oxygen atoms in total. The number of rotatable bonds is 7. The van der Waals surface area contributed by atoms with Crippen molar-refractivity contribution in [1.29, 1.82) is 0 Å². The third-order valence-corrected chi connectivity index (χ3v) is 11.8. The number of cyclic esters (lactones) is 1. The molecule has 3 aliphatic heterocycles. The summed E-state index contributed by atoms with van der Waals surface area (Å²) in [5.74, 6) is -4.98. The molecule has 51 heavy (non-hydrogen) atoms. The highest BCUT2D eigenvalue weighted by atomic mass is 16.7. The normalized spacial score (nSPS) is 49.7. The fraction of sp³-hybridized carbons (Fsp3) is 0.946. The molecule has 14 heteroatoms. The molecule has 0 radical (unpaired) electrons. The van der Waals surface area contributed by atoms with Gasteiger partial charge in [-0.3, -0.25) is 9.59 Å². The number of esters is 1. The Morgan fingerprint density at radius 2 is 1.49 bits per heavy atom. The van der Waals surface area contributed by atoms with E-state index in [1.165, 1.54) is 27.9 Å². The van der Waals surface area contributed by atoms with E-state index in [1.54, 1.807) is 41.5 Å². The average molecular weight is 734 g/mol. The Morgan fingerprint density at radius 1 is 0.882 bits per heavy atom. The second kappa shape index (κ2) is 17.0. The number of Topliss-reactive ketones (excluding diaryl/α,β-unsaturated/α-hetero) is 1. The summed E-state index contributed by atoms with van der Waals surface area (Å²) in [5.41, 5.74) is -4.84. The SMILES string of the molecule is CC[C@H]1OC(=O)[C@H](C)[C@@H](O[C@H]2C[C@@](C)(OC)[C@@H](O)[C@H](C)O2)[C@H](C)[C@@H](O[C@@H]2O[C@H](C)C[C@H](N(C)C)[C@H]2O)[C@](C)(O)C[C@@H](C)C(=O)[C@H](C)[C@@H](O)[C@@]1(C)O. The van der Waals surface area contributed by atoms with E-state index in [4.69, 9.17) is 28.4 Å². The minimum Gasteiger partial charge on any atom is -0.459 e. The van der Waals surface area contributed by atoms with Crippen LogP contribution in [0.5, 0.6) is 0 Å². The van der Waals surface area contributed by atoms with Crippen LogP contribution in [0.2, 0.25) is 0 Å². The van der Waals surface area contributed by atoms with Crippen LogP contribution in [-0.2, 0) is 38.0 Å². The van der Waals surface area contributed by atoms with Gasteiger partial charge in [0.25, 0.3) is 0 Å². The van der Waals surface area contributed by atoms with E-state index in [0.717, 1.165) is 0 Å². The maximum Gasteiger partial charge on any atom is 0.311 e. The highest BCUT2D eigenvalue weighted by Crippen LogP contribution is 2.40. The van der Waals surface area contributed by atoms with E-state index >= 15 is 0 Å². The van der Waals surface area contributed by atoms with Gasteiger partial charge in [-0.25, -0.2) is 0 Å². The Hall–Kier alpha value is -1.30. The molecule has 5 N–H and O–H groups in total. The van der Waals surface area contributed by atoms with Crippen LogP contribution in [0.15, 0.2) is 0 Å². The van der Waals surface area contributed by atoms with Crippen molar-refractivity contribution in [2.75, 3.05) is 21.2 Å². The molecule has 0 amide bonds. The van der Waals surface area contributed by atoms with Gasteiger partial charge in [0.2, 0.25) is 0 Å². The van der Waals surface area contributed by atoms with Gasteiger partial charge < -0.3 is 58.9 Å². The fourth-order valence-electron chi connectivity index (χ4n) is 8.41. The molecule has 0 aliphatic carbocycles. The first-order valence-electron chi connectivity index (χ1n) is 18.5. The topological polar surface area (TPSA) is 194 Å². The molecule has 0 bridgehead atoms. The number of carbonyl (C=O) groups is 2. The lowest BCUT2D eigenvalue weighted by atomic mass is 9.74. The van der Waals surface area contributed by atoms with Gasteiger partial charge in [0, 0.05) is 37.3 Å². The molecule has 0 aromatic heterocycles. The van der Waals surface area contributed by atoms with E-state index in [1.807, 2.05) is 25.9 Å². The van der Waals surface area contributed by atoms with E-state index in [0.29, 0.717) is 6.42 Å². The molecule has 0 aromatic carbocycles. The maximum absolute atomic E-state index is 14.1. The van der Waals surface area contributed by atoms with Crippen LogP contribution in [-0.4, -0.2) is 148 Å². The second-order valence-corrected chi connectivity index (χ2v) is 16.5. The van der Waals surface area contributed by atoms with Crippen molar-refractivity contribution in [2.45, 2.75) is 179 Å². The fourth-order valence-corrected chi connectivity index (χ4v) is 8.41. The first kappa shape index (κ1) is 44.1. The number of carbonyl (C=O) groups excluding carboxylic acids is 2. The summed E-state index contributed by atoms with van der Waals surface area (Å²) >= 11 is 0. The highest BCUT2D eigenvalue weighted by molar-refractivity contribution is 5.83. The first-order chi connectivity index (χ1) is 23.4. The number of hydrogen-bond acceptors (Lipinski definition) is 14. The van der Waals surface area contributed by atoms with Crippen molar-refractivity contribution in [3.63, 3.8) is 0 Å². The Labute approximate surface area is 304 Å². The van der Waals surface area contributed by atoms with Gasteiger partial charge in [0.1, 0.15) is 29.7 Å². The summed E-state index contributed by atoms with van der Waals surface area (Å²) in [6.45, 7) is 16.3. The third kappa shape index (κ3) is 9.51. The molecule has 3 saturated heterocycles. The summed E-state index contributed by atoms with van der Waals surface area (Å²) in [4.78, 5) is 29.8. The lowest BCUT2D eigenvalue weighted by Crippen LogP contribution is -2.61. The van der Waals surface area contributed by atoms with Crippen LogP contribution < -0.4 is 0 Å². The van der Waals surface area contributed by atoms with Gasteiger partial charge >= 0.3 is 5.97 Å². The first-order valence-corrected chi connectivity index (χ1v) is 18.5. The molecular weight excluding hydrogens is 666 g/mol. The van der Waals surface area contributed by atoms with Gasteiger partial charge in [-0.2, -0.15) is 0 Å². The van der Waals surface area contributed by atoms with Gasteiger partial charge in [-0.05, 0) is 74.9 Å². The van der Waals surface area contributed by atoms with Gasteiger partial charge in [-0.1, -0.05) is 27.7 Å². The van der Waals surface area contributed by atoms with Crippen LogP contribution in [0, 0.1) is 23.7 Å². The second-order valence-electron chi connectivity index (χ2n) is 16.5. The third-order valence-electron chi connectivity index (χ3n) is 11.8. The van der Waals surface area contributed by atoms with Crippen molar-refractivity contribution in [2.24, 2.45) is 23.7 Å². The van der Waals surface area contributed by atoms with Gasteiger partial charge in [0.15, 0.2) is 12.6 Å². The molecule has 18 atom stereocenters. The largest absolute Gasteiger partial charge is 0.459 e. The zero-order chi connectivity index (χ0) is 39.0.